The molecule has 0 saturated carbocycles. The molecule has 3 aromatic carbocycles. The number of benzene rings is 3. The largest absolute Gasteiger partial charge is 0.497 e. The molecule has 3 rings (SSSR count). The fourth-order valence-corrected chi connectivity index (χ4v) is 4.69. The van der Waals surface area contributed by atoms with Crippen molar-refractivity contribution < 1.29 is 17.9 Å². The number of amides is 1. The minimum Gasteiger partial charge on any atom is -0.497 e. The Kier molecular flexibility index (Phi) is 7.20. The highest BCUT2D eigenvalue weighted by Gasteiger charge is 2.21. The normalized spacial score (nSPS) is 12.1. The molecule has 3 aromatic rings. The van der Waals surface area contributed by atoms with Gasteiger partial charge in [-0.15, -0.1) is 0 Å². The number of nitrogens with one attached hydrogen (secondary N) is 2. The van der Waals surface area contributed by atoms with Gasteiger partial charge >= 0.3 is 0 Å². The van der Waals surface area contributed by atoms with Crippen LogP contribution in [0.15, 0.2) is 71.6 Å². The summed E-state index contributed by atoms with van der Waals surface area (Å²) < 4.78 is 33.7. The molecular formula is C25H28N2O4S. The zero-order chi connectivity index (χ0) is 23.3. The summed E-state index contributed by atoms with van der Waals surface area (Å²) in [5.74, 6) is 0.406. The topological polar surface area (TPSA) is 84.5 Å². The van der Waals surface area contributed by atoms with E-state index < -0.39 is 10.0 Å². The molecule has 32 heavy (non-hydrogen) atoms. The van der Waals surface area contributed by atoms with Gasteiger partial charge < -0.3 is 10.1 Å². The van der Waals surface area contributed by atoms with Gasteiger partial charge in [-0.3, -0.25) is 9.52 Å². The van der Waals surface area contributed by atoms with Crippen molar-refractivity contribution in [2.24, 2.45) is 0 Å². The van der Waals surface area contributed by atoms with Gasteiger partial charge in [-0.2, -0.15) is 0 Å². The highest BCUT2D eigenvalue weighted by molar-refractivity contribution is 7.92. The molecule has 0 radical (unpaired) electrons. The molecule has 0 heterocycles. The second kappa shape index (κ2) is 9.87. The van der Waals surface area contributed by atoms with Gasteiger partial charge in [0.25, 0.3) is 15.9 Å². The Morgan fingerprint density at radius 3 is 2.22 bits per heavy atom. The first-order chi connectivity index (χ1) is 15.2. The minimum absolute atomic E-state index is 0.0724. The highest BCUT2D eigenvalue weighted by Crippen LogP contribution is 2.23. The Bertz CT molecular complexity index is 1190. The Morgan fingerprint density at radius 1 is 0.969 bits per heavy atom. The summed E-state index contributed by atoms with van der Waals surface area (Å²) in [7, 11) is -2.25. The summed E-state index contributed by atoms with van der Waals surface area (Å²) in [5, 5.41) is 3.00. The minimum atomic E-state index is -3.85. The van der Waals surface area contributed by atoms with Crippen molar-refractivity contribution in [3.05, 3.63) is 89.0 Å². The number of sulfonamides is 1. The van der Waals surface area contributed by atoms with Gasteiger partial charge in [0.2, 0.25) is 0 Å². The summed E-state index contributed by atoms with van der Waals surface area (Å²) in [4.78, 5) is 13.0. The van der Waals surface area contributed by atoms with Gasteiger partial charge in [0.1, 0.15) is 5.75 Å². The van der Waals surface area contributed by atoms with Crippen molar-refractivity contribution >= 4 is 21.6 Å². The number of ether oxygens (including phenoxy) is 1. The zero-order valence-corrected chi connectivity index (χ0v) is 19.5. The van der Waals surface area contributed by atoms with Crippen LogP contribution < -0.4 is 14.8 Å². The smallest absolute Gasteiger partial charge is 0.262 e. The van der Waals surface area contributed by atoms with Crippen LogP contribution in [-0.4, -0.2) is 21.4 Å². The van der Waals surface area contributed by atoms with Crippen LogP contribution in [-0.2, 0) is 10.0 Å². The number of rotatable bonds is 8. The van der Waals surface area contributed by atoms with E-state index in [9.17, 15) is 13.2 Å². The second-order valence-electron chi connectivity index (χ2n) is 7.66. The highest BCUT2D eigenvalue weighted by atomic mass is 32.2. The van der Waals surface area contributed by atoms with Crippen molar-refractivity contribution in [2.45, 2.75) is 38.1 Å². The number of anilines is 1. The first-order valence-corrected chi connectivity index (χ1v) is 11.9. The van der Waals surface area contributed by atoms with Crippen LogP contribution in [0.25, 0.3) is 0 Å². The van der Waals surface area contributed by atoms with E-state index >= 15 is 0 Å². The Balaban J connectivity index is 1.83. The number of hydrogen-bond acceptors (Lipinski definition) is 4. The number of carbonyl (C=O) groups is 1. The summed E-state index contributed by atoms with van der Waals surface area (Å²) in [6, 6.07) is 19.1. The van der Waals surface area contributed by atoms with Crippen LogP contribution in [0.4, 0.5) is 5.69 Å². The Labute approximate surface area is 189 Å². The maximum atomic E-state index is 13.0. The number of carbonyl (C=O) groups excluding carboxylic acids is 1. The third kappa shape index (κ3) is 5.48. The van der Waals surface area contributed by atoms with E-state index in [4.69, 9.17) is 4.74 Å². The van der Waals surface area contributed by atoms with E-state index in [-0.39, 0.29) is 22.4 Å². The molecule has 1 atom stereocenters. The second-order valence-corrected chi connectivity index (χ2v) is 9.31. The van der Waals surface area contributed by atoms with Crippen LogP contribution in [0.5, 0.6) is 5.75 Å². The SMILES string of the molecule is CCC(NC(=O)c1ccc(C)c(S(=O)(=O)Nc2ccc(C)cc2)c1)c1ccc(OC)cc1. The molecule has 2 N–H and O–H groups in total. The molecule has 0 saturated heterocycles. The van der Waals surface area contributed by atoms with Crippen LogP contribution in [0.1, 0.15) is 46.4 Å². The monoisotopic (exact) mass is 452 g/mol. The van der Waals surface area contributed by atoms with Crippen molar-refractivity contribution in [1.82, 2.24) is 5.32 Å². The summed E-state index contributed by atoms with van der Waals surface area (Å²) in [6.07, 6.45) is 0.685. The molecule has 168 valence electrons. The van der Waals surface area contributed by atoms with Crippen molar-refractivity contribution in [3.63, 3.8) is 0 Å². The van der Waals surface area contributed by atoms with Gasteiger partial charge in [0.15, 0.2) is 0 Å². The molecule has 1 amide bonds. The van der Waals surface area contributed by atoms with E-state index in [0.717, 1.165) is 16.9 Å². The molecule has 0 aromatic heterocycles. The quantitative estimate of drug-likeness (QED) is 0.504. The van der Waals surface area contributed by atoms with Crippen LogP contribution in [0.3, 0.4) is 0 Å². The molecule has 0 bridgehead atoms. The lowest BCUT2D eigenvalue weighted by atomic mass is 10.0. The lowest BCUT2D eigenvalue weighted by Gasteiger charge is -2.18. The molecule has 6 nitrogen and oxygen atoms in total. The van der Waals surface area contributed by atoms with Gasteiger partial charge in [-0.05, 0) is 67.8 Å². The maximum Gasteiger partial charge on any atom is 0.262 e. The van der Waals surface area contributed by atoms with E-state index in [1.165, 1.54) is 6.07 Å². The lowest BCUT2D eigenvalue weighted by molar-refractivity contribution is 0.0935. The average molecular weight is 453 g/mol. The Hall–Kier alpha value is -3.32. The number of aryl methyl sites for hydroxylation is 2. The maximum absolute atomic E-state index is 13.0. The fraction of sp³-hybridized carbons (Fsp3) is 0.240. The van der Waals surface area contributed by atoms with Gasteiger partial charge in [0.05, 0.1) is 18.0 Å². The third-order valence-electron chi connectivity index (χ3n) is 5.28. The summed E-state index contributed by atoms with van der Waals surface area (Å²) >= 11 is 0. The molecule has 7 heteroatoms. The molecule has 0 aliphatic carbocycles. The van der Waals surface area contributed by atoms with Crippen molar-refractivity contribution in [2.75, 3.05) is 11.8 Å². The van der Waals surface area contributed by atoms with Crippen molar-refractivity contribution in [1.29, 1.82) is 0 Å². The first-order valence-electron chi connectivity index (χ1n) is 10.4. The fourth-order valence-electron chi connectivity index (χ4n) is 3.36. The number of hydrogen-bond donors (Lipinski definition) is 2. The molecule has 0 aliphatic heterocycles. The van der Waals surface area contributed by atoms with Crippen LogP contribution in [0.2, 0.25) is 0 Å². The van der Waals surface area contributed by atoms with E-state index in [1.54, 1.807) is 38.3 Å². The van der Waals surface area contributed by atoms with Crippen molar-refractivity contribution in [3.8, 4) is 5.75 Å². The Morgan fingerprint density at radius 2 is 1.62 bits per heavy atom. The van der Waals surface area contributed by atoms with Gasteiger partial charge in [-0.1, -0.05) is 42.8 Å². The van der Waals surface area contributed by atoms with E-state index in [0.29, 0.717) is 17.7 Å². The third-order valence-corrected chi connectivity index (χ3v) is 6.80. The molecule has 1 unspecified atom stereocenters. The molecule has 0 spiro atoms. The summed E-state index contributed by atoms with van der Waals surface area (Å²) in [5.41, 5.74) is 3.29. The first kappa shape index (κ1) is 23.3. The predicted molar refractivity (Wildman–Crippen MR) is 127 cm³/mol. The van der Waals surface area contributed by atoms with Gasteiger partial charge in [0, 0.05) is 11.3 Å². The van der Waals surface area contributed by atoms with E-state index in [1.807, 2.05) is 50.2 Å². The molecular weight excluding hydrogens is 424 g/mol. The average Bonchev–Trinajstić information content (AvgIpc) is 2.79. The zero-order valence-electron chi connectivity index (χ0n) is 18.7. The van der Waals surface area contributed by atoms with Gasteiger partial charge in [-0.25, -0.2) is 8.42 Å². The molecule has 0 aliphatic rings. The van der Waals surface area contributed by atoms with Crippen LogP contribution in [0, 0.1) is 13.8 Å². The molecule has 0 fully saturated rings. The van der Waals surface area contributed by atoms with E-state index in [2.05, 4.69) is 10.0 Å². The van der Waals surface area contributed by atoms with Crippen LogP contribution >= 0.6 is 0 Å². The lowest BCUT2D eigenvalue weighted by Crippen LogP contribution is -2.28. The predicted octanol–water partition coefficient (Wildman–Crippen LogP) is 4.99. The number of methoxy groups -OCH3 is 1. The summed E-state index contributed by atoms with van der Waals surface area (Å²) in [6.45, 7) is 5.61. The standard InChI is InChI=1S/C25H28N2O4S/c1-5-23(19-10-14-22(31-4)15-11-19)26-25(28)20-9-8-18(3)24(16-20)32(29,30)27-21-12-6-17(2)7-13-21/h6-16,23,27H,5H2,1-4H3,(H,26,28).